The van der Waals surface area contributed by atoms with E-state index in [0.29, 0.717) is 0 Å². The van der Waals surface area contributed by atoms with Crippen LogP contribution in [0, 0.1) is 0 Å². The first kappa shape index (κ1) is 15.9. The predicted octanol–water partition coefficient (Wildman–Crippen LogP) is 1.32. The van der Waals surface area contributed by atoms with Crippen molar-refractivity contribution in [1.82, 2.24) is 0 Å². The van der Waals surface area contributed by atoms with Gasteiger partial charge in [0.2, 0.25) is 0 Å². The van der Waals surface area contributed by atoms with E-state index in [1.165, 1.54) is 24.3 Å². The number of sulfone groups is 1. The topological polar surface area (TPSA) is 86.7 Å². The molecule has 0 fully saturated rings. The maximum atomic E-state index is 11.8. The zero-order valence-electron chi connectivity index (χ0n) is 11.0. The summed E-state index contributed by atoms with van der Waals surface area (Å²) in [6.07, 6.45) is 0.814. The fraction of sp³-hybridized carbons (Fsp3) is 0.231. The third kappa shape index (κ3) is 4.20. The third-order valence-electron chi connectivity index (χ3n) is 2.28. The minimum atomic E-state index is -3.75. The van der Waals surface area contributed by atoms with Crippen LogP contribution >= 0.6 is 0 Å². The van der Waals surface area contributed by atoms with Crippen molar-refractivity contribution in [2.24, 2.45) is 0 Å². The van der Waals surface area contributed by atoms with Gasteiger partial charge in [0.05, 0.1) is 24.2 Å². The number of rotatable bonds is 5. The van der Waals surface area contributed by atoms with E-state index in [-0.39, 0.29) is 17.1 Å². The lowest BCUT2D eigenvalue weighted by atomic mass is 10.2. The van der Waals surface area contributed by atoms with Crippen LogP contribution in [0.1, 0.15) is 17.3 Å². The predicted molar refractivity (Wildman–Crippen MR) is 70.7 cm³/mol. The van der Waals surface area contributed by atoms with Gasteiger partial charge in [0.1, 0.15) is 0 Å². The molecule has 0 bridgehead atoms. The number of methoxy groups -OCH3 is 1. The SMILES string of the molecule is CCOC(=O)c1ccc(S(=O)(=O)/C=C/C(=O)OC)cc1. The number of ether oxygens (including phenoxy) is 2. The molecule has 1 aromatic carbocycles. The number of esters is 2. The molecule has 0 saturated heterocycles. The molecule has 0 amide bonds. The van der Waals surface area contributed by atoms with E-state index < -0.39 is 21.8 Å². The van der Waals surface area contributed by atoms with Gasteiger partial charge in [-0.15, -0.1) is 0 Å². The molecule has 0 N–H and O–H groups in total. The van der Waals surface area contributed by atoms with E-state index in [0.717, 1.165) is 18.6 Å². The van der Waals surface area contributed by atoms with Crippen LogP contribution in [0.15, 0.2) is 40.6 Å². The first-order valence-corrected chi connectivity index (χ1v) is 7.23. The van der Waals surface area contributed by atoms with Crippen molar-refractivity contribution in [3.05, 3.63) is 41.3 Å². The van der Waals surface area contributed by atoms with Crippen molar-refractivity contribution < 1.29 is 27.5 Å². The van der Waals surface area contributed by atoms with Crippen LogP contribution in [0.5, 0.6) is 0 Å². The Balaban J connectivity index is 2.95. The summed E-state index contributed by atoms with van der Waals surface area (Å²) in [7, 11) is -2.61. The van der Waals surface area contributed by atoms with Gasteiger partial charge >= 0.3 is 11.9 Å². The molecule has 1 rings (SSSR count). The van der Waals surface area contributed by atoms with E-state index in [4.69, 9.17) is 4.74 Å². The molecule has 20 heavy (non-hydrogen) atoms. The molecule has 108 valence electrons. The van der Waals surface area contributed by atoms with E-state index in [9.17, 15) is 18.0 Å². The zero-order valence-corrected chi connectivity index (χ0v) is 11.8. The first-order chi connectivity index (χ1) is 9.40. The van der Waals surface area contributed by atoms with Crippen molar-refractivity contribution in [3.8, 4) is 0 Å². The molecule has 7 heteroatoms. The summed E-state index contributed by atoms with van der Waals surface area (Å²) in [5.41, 5.74) is 0.253. The van der Waals surface area contributed by atoms with Crippen molar-refractivity contribution in [2.45, 2.75) is 11.8 Å². The Morgan fingerprint density at radius 3 is 2.30 bits per heavy atom. The van der Waals surface area contributed by atoms with Gasteiger partial charge in [-0.05, 0) is 31.2 Å². The van der Waals surface area contributed by atoms with Gasteiger partial charge in [-0.25, -0.2) is 18.0 Å². The molecule has 1 aromatic rings. The summed E-state index contributed by atoms with van der Waals surface area (Å²) in [5, 5.41) is 0.748. The Hall–Kier alpha value is -2.15. The van der Waals surface area contributed by atoms with Gasteiger partial charge in [-0.1, -0.05) is 0 Å². The maximum Gasteiger partial charge on any atom is 0.338 e. The van der Waals surface area contributed by atoms with Crippen molar-refractivity contribution in [3.63, 3.8) is 0 Å². The second-order valence-corrected chi connectivity index (χ2v) is 5.45. The van der Waals surface area contributed by atoms with E-state index >= 15 is 0 Å². The van der Waals surface area contributed by atoms with Crippen LogP contribution in [0.2, 0.25) is 0 Å². The standard InChI is InChI=1S/C13H14O6S/c1-3-19-13(15)10-4-6-11(7-5-10)20(16,17)9-8-12(14)18-2/h4-9H,3H2,1-2H3/b9-8+. The molecule has 0 unspecified atom stereocenters. The summed E-state index contributed by atoms with van der Waals surface area (Å²) in [5.74, 6) is -1.29. The lowest BCUT2D eigenvalue weighted by Gasteiger charge is -2.03. The molecule has 0 heterocycles. The molecule has 0 radical (unpaired) electrons. The van der Waals surface area contributed by atoms with Crippen LogP contribution in [0.3, 0.4) is 0 Å². The number of carbonyl (C=O) groups excluding carboxylic acids is 2. The van der Waals surface area contributed by atoms with Crippen LogP contribution < -0.4 is 0 Å². The Morgan fingerprint density at radius 1 is 1.20 bits per heavy atom. The smallest absolute Gasteiger partial charge is 0.338 e. The van der Waals surface area contributed by atoms with Crippen LogP contribution in [0.25, 0.3) is 0 Å². The van der Waals surface area contributed by atoms with Crippen LogP contribution in [-0.2, 0) is 24.1 Å². The largest absolute Gasteiger partial charge is 0.466 e. The van der Waals surface area contributed by atoms with E-state index in [1.807, 2.05) is 0 Å². The van der Waals surface area contributed by atoms with E-state index in [2.05, 4.69) is 4.74 Å². The molecule has 0 atom stereocenters. The number of hydrogen-bond acceptors (Lipinski definition) is 6. The Labute approximate surface area is 116 Å². The maximum absolute atomic E-state index is 11.8. The fourth-order valence-corrected chi connectivity index (χ4v) is 2.25. The zero-order chi connectivity index (χ0) is 15.2. The second kappa shape index (κ2) is 6.85. The third-order valence-corrected chi connectivity index (χ3v) is 3.70. The molecule has 0 saturated carbocycles. The van der Waals surface area contributed by atoms with Crippen molar-refractivity contribution in [1.29, 1.82) is 0 Å². The normalized spacial score (nSPS) is 11.3. The lowest BCUT2D eigenvalue weighted by Crippen LogP contribution is -2.05. The minimum absolute atomic E-state index is 0.0364. The van der Waals surface area contributed by atoms with Gasteiger partial charge in [-0.2, -0.15) is 0 Å². The summed E-state index contributed by atoms with van der Waals surface area (Å²) in [4.78, 5) is 22.2. The molecule has 0 spiro atoms. The van der Waals surface area contributed by atoms with Crippen LogP contribution in [-0.4, -0.2) is 34.1 Å². The average Bonchev–Trinajstić information content (AvgIpc) is 2.45. The quantitative estimate of drug-likeness (QED) is 0.602. The highest BCUT2D eigenvalue weighted by Crippen LogP contribution is 2.14. The van der Waals surface area contributed by atoms with Gasteiger partial charge in [0.15, 0.2) is 9.84 Å². The summed E-state index contributed by atoms with van der Waals surface area (Å²) >= 11 is 0. The Bertz CT molecular complexity index is 613. The highest BCUT2D eigenvalue weighted by molar-refractivity contribution is 7.94. The number of benzene rings is 1. The molecule has 0 aliphatic heterocycles. The first-order valence-electron chi connectivity index (χ1n) is 5.69. The second-order valence-electron chi connectivity index (χ2n) is 3.62. The number of hydrogen-bond donors (Lipinski definition) is 0. The molecule has 0 aliphatic carbocycles. The lowest BCUT2D eigenvalue weighted by molar-refractivity contribution is -0.134. The molecular weight excluding hydrogens is 284 g/mol. The minimum Gasteiger partial charge on any atom is -0.466 e. The van der Waals surface area contributed by atoms with Gasteiger partial charge < -0.3 is 9.47 Å². The monoisotopic (exact) mass is 298 g/mol. The molecule has 0 aliphatic rings. The van der Waals surface area contributed by atoms with Crippen molar-refractivity contribution >= 4 is 21.8 Å². The highest BCUT2D eigenvalue weighted by atomic mass is 32.2. The van der Waals surface area contributed by atoms with Crippen molar-refractivity contribution in [2.75, 3.05) is 13.7 Å². The highest BCUT2D eigenvalue weighted by Gasteiger charge is 2.13. The van der Waals surface area contributed by atoms with Crippen LogP contribution in [0.4, 0.5) is 0 Å². The Kier molecular flexibility index (Phi) is 5.45. The number of carbonyl (C=O) groups is 2. The Morgan fingerprint density at radius 2 is 1.80 bits per heavy atom. The summed E-state index contributed by atoms with van der Waals surface area (Å²) < 4.78 is 32.8. The van der Waals surface area contributed by atoms with Gasteiger partial charge in [0.25, 0.3) is 0 Å². The average molecular weight is 298 g/mol. The summed E-state index contributed by atoms with van der Waals surface area (Å²) in [6, 6.07) is 5.22. The molecular formula is C13H14O6S. The molecule has 6 nitrogen and oxygen atoms in total. The molecule has 0 aromatic heterocycles. The van der Waals surface area contributed by atoms with Gasteiger partial charge in [0, 0.05) is 11.5 Å². The van der Waals surface area contributed by atoms with Gasteiger partial charge in [-0.3, -0.25) is 0 Å². The fourth-order valence-electron chi connectivity index (χ4n) is 1.29. The summed E-state index contributed by atoms with van der Waals surface area (Å²) in [6.45, 7) is 1.91. The van der Waals surface area contributed by atoms with E-state index in [1.54, 1.807) is 6.92 Å².